The first kappa shape index (κ1) is 13.3. The Bertz CT molecular complexity index is 529. The number of nitrogens with two attached hydrogens (primary N) is 1. The second kappa shape index (κ2) is 6.14. The Morgan fingerprint density at radius 3 is 2.74 bits per heavy atom. The van der Waals surface area contributed by atoms with Crippen molar-refractivity contribution in [2.75, 3.05) is 6.61 Å². The summed E-state index contributed by atoms with van der Waals surface area (Å²) >= 11 is 5.82. The molecule has 100 valence electrons. The molecule has 0 aliphatic heterocycles. The minimum Gasteiger partial charge on any atom is -0.447 e. The number of primary amides is 1. The van der Waals surface area contributed by atoms with E-state index in [9.17, 15) is 4.79 Å². The van der Waals surface area contributed by atoms with E-state index in [4.69, 9.17) is 22.1 Å². The van der Waals surface area contributed by atoms with Gasteiger partial charge in [-0.1, -0.05) is 23.7 Å². The number of nitrogens with zero attached hydrogens (tertiary/aromatic N) is 4. The van der Waals surface area contributed by atoms with E-state index >= 15 is 0 Å². The molecule has 8 heteroatoms. The average molecular weight is 282 g/mol. The molecular formula is C11H12ClN5O2. The fourth-order valence-electron chi connectivity index (χ4n) is 1.62. The SMILES string of the molecule is NC(=O)OCC(Cc1ccc(Cl)cc1)n1ncnn1. The molecule has 1 atom stereocenters. The van der Waals surface area contributed by atoms with Gasteiger partial charge in [-0.05, 0) is 22.9 Å². The summed E-state index contributed by atoms with van der Waals surface area (Å²) in [5.41, 5.74) is 5.98. The van der Waals surface area contributed by atoms with Gasteiger partial charge in [-0.15, -0.1) is 10.2 Å². The van der Waals surface area contributed by atoms with Crippen molar-refractivity contribution in [1.82, 2.24) is 20.2 Å². The van der Waals surface area contributed by atoms with Gasteiger partial charge in [0.15, 0.2) is 6.33 Å². The Kier molecular flexibility index (Phi) is 4.30. The smallest absolute Gasteiger partial charge is 0.404 e. The molecule has 2 N–H and O–H groups in total. The minimum atomic E-state index is -0.832. The van der Waals surface area contributed by atoms with Gasteiger partial charge in [-0.25, -0.2) is 4.79 Å². The number of hydrogen-bond acceptors (Lipinski definition) is 5. The van der Waals surface area contributed by atoms with E-state index in [-0.39, 0.29) is 12.6 Å². The lowest BCUT2D eigenvalue weighted by Gasteiger charge is -2.15. The van der Waals surface area contributed by atoms with Crippen molar-refractivity contribution in [3.05, 3.63) is 41.2 Å². The van der Waals surface area contributed by atoms with Crippen LogP contribution in [0.4, 0.5) is 4.79 Å². The fraction of sp³-hybridized carbons (Fsp3) is 0.273. The van der Waals surface area contributed by atoms with Crippen LogP contribution in [-0.4, -0.2) is 32.9 Å². The molecule has 0 bridgehead atoms. The number of benzene rings is 1. The lowest BCUT2D eigenvalue weighted by Crippen LogP contribution is -2.24. The zero-order chi connectivity index (χ0) is 13.7. The Hall–Kier alpha value is -2.15. The van der Waals surface area contributed by atoms with Gasteiger partial charge in [0.2, 0.25) is 0 Å². The standard InChI is InChI=1S/C11H12ClN5O2/c12-9-3-1-8(2-4-9)5-10(6-19-11(13)18)17-15-7-14-16-17/h1-4,7,10H,5-6H2,(H2,13,18). The summed E-state index contributed by atoms with van der Waals surface area (Å²) < 4.78 is 4.81. The largest absolute Gasteiger partial charge is 0.447 e. The summed E-state index contributed by atoms with van der Waals surface area (Å²) in [5.74, 6) is 0. The van der Waals surface area contributed by atoms with Crippen LogP contribution in [0.15, 0.2) is 30.6 Å². The number of amides is 1. The Morgan fingerprint density at radius 1 is 1.42 bits per heavy atom. The van der Waals surface area contributed by atoms with E-state index in [1.54, 1.807) is 12.1 Å². The van der Waals surface area contributed by atoms with Crippen LogP contribution in [0.3, 0.4) is 0 Å². The van der Waals surface area contributed by atoms with Crippen molar-refractivity contribution in [3.8, 4) is 0 Å². The van der Waals surface area contributed by atoms with E-state index < -0.39 is 6.09 Å². The average Bonchev–Trinajstić information content (AvgIpc) is 2.90. The number of aromatic nitrogens is 4. The van der Waals surface area contributed by atoms with E-state index in [0.29, 0.717) is 11.4 Å². The third kappa shape index (κ3) is 3.92. The number of tetrazole rings is 1. The van der Waals surface area contributed by atoms with Gasteiger partial charge in [0.25, 0.3) is 0 Å². The van der Waals surface area contributed by atoms with Crippen molar-refractivity contribution >= 4 is 17.7 Å². The molecule has 2 aromatic rings. The first-order chi connectivity index (χ1) is 9.15. The molecular weight excluding hydrogens is 270 g/mol. The van der Waals surface area contributed by atoms with Crippen LogP contribution in [0.5, 0.6) is 0 Å². The van der Waals surface area contributed by atoms with Crippen LogP contribution in [0.2, 0.25) is 5.02 Å². The molecule has 0 saturated heterocycles. The van der Waals surface area contributed by atoms with Crippen molar-refractivity contribution in [2.45, 2.75) is 12.5 Å². The number of ether oxygens (including phenoxy) is 1. The van der Waals surface area contributed by atoms with E-state index in [1.807, 2.05) is 12.1 Å². The third-order valence-electron chi connectivity index (χ3n) is 2.49. The quantitative estimate of drug-likeness (QED) is 0.888. The summed E-state index contributed by atoms with van der Waals surface area (Å²) in [6.45, 7) is 0.0777. The van der Waals surface area contributed by atoms with Crippen molar-refractivity contribution in [2.24, 2.45) is 5.73 Å². The van der Waals surface area contributed by atoms with Crippen LogP contribution in [0.1, 0.15) is 11.6 Å². The van der Waals surface area contributed by atoms with Crippen LogP contribution in [0, 0.1) is 0 Å². The highest BCUT2D eigenvalue weighted by Gasteiger charge is 2.16. The van der Waals surface area contributed by atoms with Gasteiger partial charge in [0, 0.05) is 11.4 Å². The van der Waals surface area contributed by atoms with Crippen LogP contribution >= 0.6 is 11.6 Å². The summed E-state index contributed by atoms with van der Waals surface area (Å²) in [7, 11) is 0. The second-order valence-corrected chi connectivity index (χ2v) is 4.31. The van der Waals surface area contributed by atoms with Gasteiger partial charge in [-0.2, -0.15) is 4.80 Å². The predicted octanol–water partition coefficient (Wildman–Crippen LogP) is 1.21. The third-order valence-corrected chi connectivity index (χ3v) is 2.75. The van der Waals surface area contributed by atoms with Gasteiger partial charge in [0.05, 0.1) is 0 Å². The lowest BCUT2D eigenvalue weighted by molar-refractivity contribution is 0.130. The molecule has 2 rings (SSSR count). The molecule has 0 spiro atoms. The molecule has 0 radical (unpaired) electrons. The van der Waals surface area contributed by atoms with Crippen LogP contribution in [0.25, 0.3) is 0 Å². The highest BCUT2D eigenvalue weighted by atomic mass is 35.5. The summed E-state index contributed by atoms with van der Waals surface area (Å²) in [5, 5.41) is 12.0. The van der Waals surface area contributed by atoms with E-state index in [2.05, 4.69) is 15.4 Å². The van der Waals surface area contributed by atoms with Crippen LogP contribution in [-0.2, 0) is 11.2 Å². The van der Waals surface area contributed by atoms with Gasteiger partial charge in [0.1, 0.15) is 12.6 Å². The molecule has 1 aromatic carbocycles. The molecule has 0 saturated carbocycles. The maximum Gasteiger partial charge on any atom is 0.404 e. The fourth-order valence-corrected chi connectivity index (χ4v) is 1.75. The van der Waals surface area contributed by atoms with Crippen molar-refractivity contribution in [1.29, 1.82) is 0 Å². The summed E-state index contributed by atoms with van der Waals surface area (Å²) in [6, 6.07) is 7.08. The number of carbonyl (C=O) groups excluding carboxylic acids is 1. The number of halogens is 1. The highest BCUT2D eigenvalue weighted by molar-refractivity contribution is 6.30. The molecule has 1 amide bonds. The molecule has 19 heavy (non-hydrogen) atoms. The first-order valence-electron chi connectivity index (χ1n) is 5.54. The molecule has 7 nitrogen and oxygen atoms in total. The van der Waals surface area contributed by atoms with Gasteiger partial charge >= 0.3 is 6.09 Å². The highest BCUT2D eigenvalue weighted by Crippen LogP contribution is 2.15. The predicted molar refractivity (Wildman–Crippen MR) is 67.5 cm³/mol. The van der Waals surface area contributed by atoms with Crippen molar-refractivity contribution in [3.63, 3.8) is 0 Å². The topological polar surface area (TPSA) is 95.9 Å². The monoisotopic (exact) mass is 281 g/mol. The van der Waals surface area contributed by atoms with E-state index in [1.165, 1.54) is 11.1 Å². The number of rotatable bonds is 5. The molecule has 1 heterocycles. The molecule has 0 aliphatic carbocycles. The lowest BCUT2D eigenvalue weighted by atomic mass is 10.1. The van der Waals surface area contributed by atoms with Crippen molar-refractivity contribution < 1.29 is 9.53 Å². The second-order valence-electron chi connectivity index (χ2n) is 3.87. The Labute approximate surface area is 114 Å². The maximum absolute atomic E-state index is 10.7. The van der Waals surface area contributed by atoms with Gasteiger partial charge in [-0.3, -0.25) is 0 Å². The van der Waals surface area contributed by atoms with Gasteiger partial charge < -0.3 is 10.5 Å². The van der Waals surface area contributed by atoms with Crippen LogP contribution < -0.4 is 5.73 Å². The normalized spacial score (nSPS) is 12.1. The minimum absolute atomic E-state index is 0.0777. The molecule has 0 fully saturated rings. The molecule has 1 unspecified atom stereocenters. The zero-order valence-corrected chi connectivity index (χ0v) is 10.7. The Morgan fingerprint density at radius 2 is 2.16 bits per heavy atom. The Balaban J connectivity index is 2.09. The number of carbonyl (C=O) groups is 1. The summed E-state index contributed by atoms with van der Waals surface area (Å²) in [4.78, 5) is 12.1. The summed E-state index contributed by atoms with van der Waals surface area (Å²) in [6.07, 6.45) is 1.06. The zero-order valence-electron chi connectivity index (χ0n) is 9.94. The number of hydrogen-bond donors (Lipinski definition) is 1. The molecule has 1 aromatic heterocycles. The maximum atomic E-state index is 10.7. The van der Waals surface area contributed by atoms with E-state index in [0.717, 1.165) is 5.56 Å². The first-order valence-corrected chi connectivity index (χ1v) is 5.92. The molecule has 0 aliphatic rings.